The first-order valence-electron chi connectivity index (χ1n) is 12.4. The van der Waals surface area contributed by atoms with Gasteiger partial charge in [0.25, 0.3) is 0 Å². The van der Waals surface area contributed by atoms with Crippen molar-refractivity contribution < 1.29 is 8.42 Å². The normalized spacial score (nSPS) is 20.2. The summed E-state index contributed by atoms with van der Waals surface area (Å²) in [6, 6.07) is 17.9. The molecular formula is C27H30N4O2S2. The van der Waals surface area contributed by atoms with Crippen molar-refractivity contribution in [1.82, 2.24) is 14.2 Å². The predicted octanol–water partition coefficient (Wildman–Crippen LogP) is 4.81. The first-order chi connectivity index (χ1) is 17.1. The quantitative estimate of drug-likeness (QED) is 0.376. The highest BCUT2D eigenvalue weighted by Gasteiger charge is 2.36. The van der Waals surface area contributed by atoms with Crippen LogP contribution < -0.4 is 4.90 Å². The van der Waals surface area contributed by atoms with Gasteiger partial charge in [0.15, 0.2) is 0 Å². The molecule has 2 aromatic heterocycles. The maximum atomic E-state index is 13.7. The van der Waals surface area contributed by atoms with Crippen LogP contribution in [0.1, 0.15) is 19.3 Å². The van der Waals surface area contributed by atoms with Gasteiger partial charge in [0.1, 0.15) is 0 Å². The zero-order valence-corrected chi connectivity index (χ0v) is 21.3. The highest BCUT2D eigenvalue weighted by Crippen LogP contribution is 2.33. The Morgan fingerprint density at radius 1 is 0.914 bits per heavy atom. The minimum Gasteiger partial charge on any atom is -0.368 e. The third kappa shape index (κ3) is 4.33. The lowest BCUT2D eigenvalue weighted by Crippen LogP contribution is -2.47. The monoisotopic (exact) mass is 506 g/mol. The van der Waals surface area contributed by atoms with Crippen molar-refractivity contribution in [3.63, 3.8) is 0 Å². The number of pyridine rings is 1. The van der Waals surface area contributed by atoms with Gasteiger partial charge >= 0.3 is 0 Å². The van der Waals surface area contributed by atoms with Crippen molar-refractivity contribution in [2.75, 3.05) is 44.2 Å². The van der Waals surface area contributed by atoms with Gasteiger partial charge in [0.05, 0.1) is 10.4 Å². The minimum absolute atomic E-state index is 0.0597. The number of thiophene rings is 1. The summed E-state index contributed by atoms with van der Waals surface area (Å²) in [7, 11) is -3.56. The van der Waals surface area contributed by atoms with Crippen LogP contribution in [0.4, 0.5) is 5.69 Å². The molecule has 0 saturated carbocycles. The van der Waals surface area contributed by atoms with E-state index in [-0.39, 0.29) is 6.04 Å². The standard InChI is InChI=1S/C27H30N4O2S2/c32-35(33,27-10-1-7-24-22(27)6-3-13-28-24)31-14-4-5-21(31)11-15-29-16-18-30(19-17-29)25-8-2-9-26-23(25)12-20-34-26/h1-3,6-10,12-13,20-21H,4-5,11,14-19H2/t21-/m0/s1. The topological polar surface area (TPSA) is 56.8 Å². The fourth-order valence-electron chi connectivity index (χ4n) is 5.64. The third-order valence-electron chi connectivity index (χ3n) is 7.48. The average Bonchev–Trinajstić information content (AvgIpc) is 3.57. The molecule has 6 nitrogen and oxygen atoms in total. The van der Waals surface area contributed by atoms with Crippen LogP contribution in [0, 0.1) is 0 Å². The minimum atomic E-state index is -3.56. The van der Waals surface area contributed by atoms with Crippen LogP contribution in [0.25, 0.3) is 21.0 Å². The highest BCUT2D eigenvalue weighted by molar-refractivity contribution is 7.89. The molecule has 2 saturated heterocycles. The van der Waals surface area contributed by atoms with E-state index in [1.807, 2.05) is 12.1 Å². The van der Waals surface area contributed by atoms with Crippen LogP contribution in [0.15, 0.2) is 71.1 Å². The number of fused-ring (bicyclic) bond motifs is 2. The first-order valence-corrected chi connectivity index (χ1v) is 14.7. The van der Waals surface area contributed by atoms with Gasteiger partial charge in [-0.3, -0.25) is 9.88 Å². The summed E-state index contributed by atoms with van der Waals surface area (Å²) in [6.45, 7) is 5.56. The van der Waals surface area contributed by atoms with E-state index in [4.69, 9.17) is 0 Å². The molecule has 4 aromatic rings. The molecular weight excluding hydrogens is 476 g/mol. The van der Waals surface area contributed by atoms with Gasteiger partial charge in [0, 0.05) is 66.1 Å². The molecule has 2 aliphatic rings. The number of piperazine rings is 1. The number of nitrogens with zero attached hydrogens (tertiary/aromatic N) is 4. The van der Waals surface area contributed by atoms with Crippen LogP contribution in [0.2, 0.25) is 0 Å². The molecule has 2 fully saturated rings. The SMILES string of the molecule is O=S(=O)(c1cccc2ncccc12)N1CCC[C@H]1CCN1CCN(c2cccc3sccc23)CC1. The number of benzene rings is 2. The summed E-state index contributed by atoms with van der Waals surface area (Å²) >= 11 is 1.79. The van der Waals surface area contributed by atoms with E-state index in [0.29, 0.717) is 16.8 Å². The van der Waals surface area contributed by atoms with Crippen LogP contribution in [0.5, 0.6) is 0 Å². The Hall–Kier alpha value is -2.52. The van der Waals surface area contributed by atoms with Gasteiger partial charge in [-0.05, 0) is 73.7 Å². The van der Waals surface area contributed by atoms with E-state index in [0.717, 1.165) is 57.5 Å². The van der Waals surface area contributed by atoms with E-state index in [2.05, 4.69) is 44.4 Å². The van der Waals surface area contributed by atoms with Crippen molar-refractivity contribution in [2.24, 2.45) is 0 Å². The largest absolute Gasteiger partial charge is 0.368 e. The molecule has 2 aliphatic heterocycles. The molecule has 0 aliphatic carbocycles. The zero-order chi connectivity index (χ0) is 23.8. The lowest BCUT2D eigenvalue weighted by Gasteiger charge is -2.37. The van der Waals surface area contributed by atoms with Crippen molar-refractivity contribution in [3.8, 4) is 0 Å². The van der Waals surface area contributed by atoms with E-state index < -0.39 is 10.0 Å². The first kappa shape index (κ1) is 22.9. The summed E-state index contributed by atoms with van der Waals surface area (Å²) in [5, 5.41) is 4.22. The molecule has 0 bridgehead atoms. The van der Waals surface area contributed by atoms with E-state index in [9.17, 15) is 8.42 Å². The molecule has 0 spiro atoms. The number of hydrogen-bond acceptors (Lipinski definition) is 6. The van der Waals surface area contributed by atoms with Gasteiger partial charge in [-0.15, -0.1) is 11.3 Å². The predicted molar refractivity (Wildman–Crippen MR) is 144 cm³/mol. The lowest BCUT2D eigenvalue weighted by atomic mass is 10.1. The summed E-state index contributed by atoms with van der Waals surface area (Å²) in [5.74, 6) is 0. The lowest BCUT2D eigenvalue weighted by molar-refractivity contribution is 0.232. The van der Waals surface area contributed by atoms with Crippen molar-refractivity contribution >= 4 is 48.0 Å². The molecule has 182 valence electrons. The van der Waals surface area contributed by atoms with Crippen LogP contribution in [-0.4, -0.2) is 67.9 Å². The molecule has 35 heavy (non-hydrogen) atoms. The van der Waals surface area contributed by atoms with Crippen LogP contribution >= 0.6 is 11.3 Å². The van der Waals surface area contributed by atoms with Gasteiger partial charge in [0.2, 0.25) is 10.0 Å². The number of hydrogen-bond donors (Lipinski definition) is 0. The Balaban J connectivity index is 1.11. The number of rotatable bonds is 6. The van der Waals surface area contributed by atoms with Gasteiger partial charge < -0.3 is 4.90 Å². The van der Waals surface area contributed by atoms with E-state index in [1.54, 1.807) is 40.0 Å². The third-order valence-corrected chi connectivity index (χ3v) is 10.4. The molecule has 6 rings (SSSR count). The molecule has 2 aromatic carbocycles. The molecule has 1 atom stereocenters. The summed E-state index contributed by atoms with van der Waals surface area (Å²) < 4.78 is 30.4. The Morgan fingerprint density at radius 2 is 1.77 bits per heavy atom. The molecule has 0 radical (unpaired) electrons. The second kappa shape index (κ2) is 9.50. The van der Waals surface area contributed by atoms with E-state index in [1.165, 1.54) is 15.8 Å². The van der Waals surface area contributed by atoms with E-state index >= 15 is 0 Å². The molecule has 4 heterocycles. The number of sulfonamides is 1. The second-order valence-electron chi connectivity index (χ2n) is 9.46. The Morgan fingerprint density at radius 3 is 2.66 bits per heavy atom. The van der Waals surface area contributed by atoms with Gasteiger partial charge in [-0.25, -0.2) is 8.42 Å². The highest BCUT2D eigenvalue weighted by atomic mass is 32.2. The Kier molecular flexibility index (Phi) is 6.22. The fourth-order valence-corrected chi connectivity index (χ4v) is 8.37. The van der Waals surface area contributed by atoms with Crippen LogP contribution in [-0.2, 0) is 10.0 Å². The Labute approximate surface area is 210 Å². The van der Waals surface area contributed by atoms with Gasteiger partial charge in [-0.1, -0.05) is 12.1 Å². The maximum Gasteiger partial charge on any atom is 0.243 e. The summed E-state index contributed by atoms with van der Waals surface area (Å²) in [4.78, 5) is 9.72. The summed E-state index contributed by atoms with van der Waals surface area (Å²) in [6.07, 6.45) is 4.44. The molecule has 0 amide bonds. The molecule has 8 heteroatoms. The number of anilines is 1. The van der Waals surface area contributed by atoms with Crippen molar-refractivity contribution in [2.45, 2.75) is 30.2 Å². The fraction of sp³-hybridized carbons (Fsp3) is 0.370. The van der Waals surface area contributed by atoms with Crippen molar-refractivity contribution in [1.29, 1.82) is 0 Å². The summed E-state index contributed by atoms with van der Waals surface area (Å²) in [5.41, 5.74) is 2.06. The maximum absolute atomic E-state index is 13.7. The molecule has 0 N–H and O–H groups in total. The number of aromatic nitrogens is 1. The smallest absolute Gasteiger partial charge is 0.243 e. The molecule has 0 unspecified atom stereocenters. The van der Waals surface area contributed by atoms with Gasteiger partial charge in [-0.2, -0.15) is 4.31 Å². The van der Waals surface area contributed by atoms with Crippen molar-refractivity contribution in [3.05, 3.63) is 66.2 Å². The zero-order valence-electron chi connectivity index (χ0n) is 19.7. The average molecular weight is 507 g/mol. The van der Waals surface area contributed by atoms with Crippen LogP contribution in [0.3, 0.4) is 0 Å². The Bertz CT molecular complexity index is 1440. The second-order valence-corrected chi connectivity index (χ2v) is 12.3.